The fourth-order valence-electron chi connectivity index (χ4n) is 3.93. The second kappa shape index (κ2) is 8.92. The summed E-state index contributed by atoms with van der Waals surface area (Å²) in [5.41, 5.74) is 0. The number of rotatable bonds is 11. The van der Waals surface area contributed by atoms with Crippen LogP contribution in [0.3, 0.4) is 0 Å². The third kappa shape index (κ3) is 5.22. The summed E-state index contributed by atoms with van der Waals surface area (Å²) in [6.45, 7) is 7.14. The molecule has 0 unspecified atom stereocenters. The molecule has 2 heteroatoms. The average molecular weight is 374 g/mol. The minimum atomic E-state index is -1.85. The molecule has 1 aliphatic rings. The molecule has 1 aliphatic carbocycles. The Morgan fingerprint density at radius 2 is 1.26 bits per heavy atom. The van der Waals surface area contributed by atoms with Crippen LogP contribution in [0.15, 0.2) is 0 Å². The van der Waals surface area contributed by atoms with Crippen LogP contribution >= 0.6 is 0 Å². The molecular weight excluding hydrogens is 337 g/mol. The Bertz CT molecular complexity index is 218. The molecule has 19 heavy (non-hydrogen) atoms. The molecule has 1 rings (SSSR count). The Labute approximate surface area is 126 Å². The molecule has 0 radical (unpaired) electrons. The summed E-state index contributed by atoms with van der Waals surface area (Å²) in [5.74, 6) is 0. The van der Waals surface area contributed by atoms with E-state index in [0.29, 0.717) is 0 Å². The molecule has 1 nitrogen and oxygen atoms in total. The molecule has 0 heterocycles. The van der Waals surface area contributed by atoms with Gasteiger partial charge in [-0.25, -0.2) is 0 Å². The molecule has 0 amide bonds. The van der Waals surface area contributed by atoms with Gasteiger partial charge < -0.3 is 0 Å². The quantitative estimate of drug-likeness (QED) is 0.429. The zero-order chi connectivity index (χ0) is 14.3. The van der Waals surface area contributed by atoms with Gasteiger partial charge in [-0.05, 0) is 0 Å². The van der Waals surface area contributed by atoms with Gasteiger partial charge in [-0.3, -0.25) is 0 Å². The van der Waals surface area contributed by atoms with Crippen molar-refractivity contribution in [3.05, 3.63) is 0 Å². The van der Waals surface area contributed by atoms with E-state index < -0.39 is 18.4 Å². The second-order valence-electron chi connectivity index (χ2n) is 7.05. The molecule has 0 aromatic rings. The number of nitrogens with zero attached hydrogens (tertiary/aromatic N) is 1. The van der Waals surface area contributed by atoms with Gasteiger partial charge in [0.15, 0.2) is 0 Å². The van der Waals surface area contributed by atoms with Crippen molar-refractivity contribution >= 4 is 18.4 Å². The molecule has 0 saturated heterocycles. The van der Waals surface area contributed by atoms with Gasteiger partial charge in [0, 0.05) is 0 Å². The van der Waals surface area contributed by atoms with E-state index in [-0.39, 0.29) is 0 Å². The SMILES string of the molecule is CCC[CH2][Sn]([CH2]CCC)([CH2]CCC)[C@@H]1C[C@H]1N(C)C. The van der Waals surface area contributed by atoms with Crippen molar-refractivity contribution in [3.8, 4) is 0 Å². The second-order valence-corrected chi connectivity index (χ2v) is 21.2. The van der Waals surface area contributed by atoms with Gasteiger partial charge in [0.05, 0.1) is 0 Å². The standard InChI is InChI=1S/C5H10N.3C4H9.Sn/c1-6(2)5-3-4-5;3*1-3-4-2;/h3,5H,4H2,1-2H3;3*1,3-4H2,2H3;/t5-;;;;/m0..../s1. The average Bonchev–Trinajstić information content (AvgIpc) is 3.19. The van der Waals surface area contributed by atoms with Gasteiger partial charge in [0.25, 0.3) is 0 Å². The van der Waals surface area contributed by atoms with Crippen LogP contribution in [0, 0.1) is 0 Å². The van der Waals surface area contributed by atoms with Crippen LogP contribution in [0.4, 0.5) is 0 Å². The monoisotopic (exact) mass is 375 g/mol. The summed E-state index contributed by atoms with van der Waals surface area (Å²) in [4.78, 5) is 2.53. The van der Waals surface area contributed by atoms with E-state index in [1.54, 1.807) is 19.7 Å². The number of hydrogen-bond acceptors (Lipinski definition) is 1. The van der Waals surface area contributed by atoms with Crippen LogP contribution < -0.4 is 0 Å². The number of unbranched alkanes of at least 4 members (excludes halogenated alkanes) is 3. The zero-order valence-corrected chi connectivity index (χ0v) is 17.0. The summed E-state index contributed by atoms with van der Waals surface area (Å²) < 4.78 is 6.29. The topological polar surface area (TPSA) is 3.24 Å². The first-order valence-corrected chi connectivity index (χ1v) is 16.5. The van der Waals surface area contributed by atoms with Crippen LogP contribution in [0.25, 0.3) is 0 Å². The fraction of sp³-hybridized carbons (Fsp3) is 1.00. The Hall–Kier alpha value is 0.759. The van der Waals surface area contributed by atoms with Crippen molar-refractivity contribution in [3.63, 3.8) is 0 Å². The van der Waals surface area contributed by atoms with Crippen LogP contribution in [0.1, 0.15) is 65.7 Å². The summed E-state index contributed by atoms with van der Waals surface area (Å²) in [7, 11) is 4.61. The first kappa shape index (κ1) is 17.8. The van der Waals surface area contributed by atoms with Gasteiger partial charge in [-0.15, -0.1) is 0 Å². The Morgan fingerprint density at radius 1 is 0.842 bits per heavy atom. The predicted octanol–water partition coefficient (Wildman–Crippen LogP) is 5.54. The van der Waals surface area contributed by atoms with Crippen molar-refractivity contribution in [1.29, 1.82) is 0 Å². The summed E-state index contributed by atoms with van der Waals surface area (Å²) in [6.07, 6.45) is 10.4. The molecule has 1 fully saturated rings. The van der Waals surface area contributed by atoms with Crippen molar-refractivity contribution in [2.75, 3.05) is 14.1 Å². The fourth-order valence-corrected chi connectivity index (χ4v) is 23.6. The molecule has 0 aliphatic heterocycles. The third-order valence-corrected chi connectivity index (χ3v) is 23.1. The van der Waals surface area contributed by atoms with Gasteiger partial charge >= 0.3 is 126 Å². The molecule has 114 valence electrons. The first-order valence-electron chi connectivity index (χ1n) is 8.77. The van der Waals surface area contributed by atoms with E-state index in [1.807, 2.05) is 0 Å². The van der Waals surface area contributed by atoms with E-state index in [1.165, 1.54) is 42.5 Å². The van der Waals surface area contributed by atoms with Gasteiger partial charge in [-0.2, -0.15) is 0 Å². The van der Waals surface area contributed by atoms with E-state index in [0.717, 1.165) is 6.04 Å². The summed E-state index contributed by atoms with van der Waals surface area (Å²) in [5, 5.41) is 0. The normalized spacial score (nSPS) is 23.1. The van der Waals surface area contributed by atoms with E-state index in [9.17, 15) is 0 Å². The molecule has 0 N–H and O–H groups in total. The van der Waals surface area contributed by atoms with Gasteiger partial charge in [-0.1, -0.05) is 0 Å². The number of hydrogen-bond donors (Lipinski definition) is 0. The Balaban J connectivity index is 2.71. The van der Waals surface area contributed by atoms with Crippen molar-refractivity contribution in [2.24, 2.45) is 0 Å². The van der Waals surface area contributed by atoms with E-state index in [2.05, 4.69) is 39.8 Å². The van der Waals surface area contributed by atoms with Crippen LogP contribution in [-0.4, -0.2) is 43.4 Å². The molecule has 0 aromatic heterocycles. The first-order chi connectivity index (χ1) is 9.11. The third-order valence-electron chi connectivity index (χ3n) is 5.29. The van der Waals surface area contributed by atoms with Crippen LogP contribution in [0.2, 0.25) is 17.2 Å². The van der Waals surface area contributed by atoms with Crippen LogP contribution in [0.5, 0.6) is 0 Å². The Morgan fingerprint density at radius 3 is 1.53 bits per heavy atom. The van der Waals surface area contributed by atoms with Crippen molar-refractivity contribution in [2.45, 2.75) is 89.0 Å². The predicted molar refractivity (Wildman–Crippen MR) is 90.7 cm³/mol. The summed E-state index contributed by atoms with van der Waals surface area (Å²) in [6, 6.07) is 0.973. The zero-order valence-electron chi connectivity index (χ0n) is 14.2. The molecule has 1 saturated carbocycles. The van der Waals surface area contributed by atoms with Gasteiger partial charge in [0.1, 0.15) is 0 Å². The minimum absolute atomic E-state index is 0.973. The van der Waals surface area contributed by atoms with E-state index >= 15 is 0 Å². The molecule has 0 aromatic carbocycles. The molecule has 0 bridgehead atoms. The van der Waals surface area contributed by atoms with Crippen molar-refractivity contribution in [1.82, 2.24) is 4.90 Å². The Kier molecular flexibility index (Phi) is 8.36. The molecular formula is C17H37NSn. The van der Waals surface area contributed by atoms with Crippen molar-refractivity contribution < 1.29 is 0 Å². The van der Waals surface area contributed by atoms with E-state index in [4.69, 9.17) is 0 Å². The maximum absolute atomic E-state index is 2.53. The van der Waals surface area contributed by atoms with Gasteiger partial charge in [0.2, 0.25) is 0 Å². The van der Waals surface area contributed by atoms with Crippen LogP contribution in [-0.2, 0) is 0 Å². The molecule has 2 atom stereocenters. The molecule has 0 spiro atoms. The summed E-state index contributed by atoms with van der Waals surface area (Å²) >= 11 is -1.85. The maximum atomic E-state index is 2.53.